The van der Waals surface area contributed by atoms with Crippen LogP contribution in [-0.2, 0) is 26.0 Å². The lowest BCUT2D eigenvalue weighted by Gasteiger charge is -2.27. The molecule has 0 unspecified atom stereocenters. The number of carbonyl (C=O) groups is 1. The van der Waals surface area contributed by atoms with Crippen molar-refractivity contribution >= 4 is 27.3 Å². The van der Waals surface area contributed by atoms with E-state index < -0.39 is 10.0 Å². The van der Waals surface area contributed by atoms with E-state index in [-0.39, 0.29) is 16.9 Å². The molecule has 0 aliphatic carbocycles. The van der Waals surface area contributed by atoms with Crippen LogP contribution in [0.4, 0.5) is 0 Å². The lowest BCUT2D eigenvalue weighted by molar-refractivity contribution is 0.0509. The number of ether oxygens (including phenoxy) is 2. The van der Waals surface area contributed by atoms with Crippen LogP contribution in [-0.4, -0.2) is 69.1 Å². The smallest absolute Gasteiger partial charge is 0.254 e. The Bertz CT molecular complexity index is 995. The van der Waals surface area contributed by atoms with E-state index >= 15 is 0 Å². The highest BCUT2D eigenvalue weighted by Crippen LogP contribution is 2.24. The van der Waals surface area contributed by atoms with Crippen molar-refractivity contribution in [2.45, 2.75) is 37.3 Å². The van der Waals surface area contributed by atoms with Crippen LogP contribution < -0.4 is 0 Å². The summed E-state index contributed by atoms with van der Waals surface area (Å²) in [4.78, 5) is 16.6. The second-order valence-electron chi connectivity index (χ2n) is 7.89. The molecule has 3 heterocycles. The Balaban J connectivity index is 1.62. The fourth-order valence-electron chi connectivity index (χ4n) is 3.94. The first-order valence-corrected chi connectivity index (χ1v) is 12.9. The second kappa shape index (κ2) is 9.79. The van der Waals surface area contributed by atoms with Gasteiger partial charge in [-0.1, -0.05) is 12.1 Å². The second-order valence-corrected chi connectivity index (χ2v) is 10.9. The molecule has 2 fully saturated rings. The maximum atomic E-state index is 13.6. The standard InChI is InChI=1S/C22H28N2O5S2/c1-17-6-7-20(31(26,27)24-8-11-28-12-9-24)14-21(17)22(25)23(15-18-4-2-10-29-18)16-19-5-3-13-30-19/h3,5-7,13-14,18H,2,4,8-12,15-16H2,1H3/t18-/m1/s1. The molecule has 9 heteroatoms. The average Bonchev–Trinajstić information content (AvgIpc) is 3.48. The van der Waals surface area contributed by atoms with Crippen LogP contribution in [0.2, 0.25) is 0 Å². The van der Waals surface area contributed by atoms with Gasteiger partial charge in [-0.05, 0) is 48.9 Å². The molecule has 31 heavy (non-hydrogen) atoms. The number of aryl methyl sites for hydroxylation is 1. The molecule has 1 aromatic carbocycles. The molecule has 1 atom stereocenters. The van der Waals surface area contributed by atoms with E-state index in [0.29, 0.717) is 45.0 Å². The molecule has 2 saturated heterocycles. The number of morpholine rings is 1. The molecule has 7 nitrogen and oxygen atoms in total. The molecule has 0 N–H and O–H groups in total. The number of thiophene rings is 1. The Morgan fingerprint density at radius 2 is 2.03 bits per heavy atom. The minimum absolute atomic E-state index is 0.0180. The summed E-state index contributed by atoms with van der Waals surface area (Å²) in [6.45, 7) is 4.95. The summed E-state index contributed by atoms with van der Waals surface area (Å²) >= 11 is 1.60. The Morgan fingerprint density at radius 3 is 2.71 bits per heavy atom. The van der Waals surface area contributed by atoms with E-state index in [9.17, 15) is 13.2 Å². The van der Waals surface area contributed by atoms with E-state index in [1.165, 1.54) is 10.4 Å². The van der Waals surface area contributed by atoms with Gasteiger partial charge in [0, 0.05) is 36.7 Å². The van der Waals surface area contributed by atoms with Gasteiger partial charge in [0.25, 0.3) is 5.91 Å². The van der Waals surface area contributed by atoms with Crippen LogP contribution in [0.25, 0.3) is 0 Å². The molecular weight excluding hydrogens is 436 g/mol. The number of benzene rings is 1. The molecule has 1 amide bonds. The van der Waals surface area contributed by atoms with E-state index in [0.717, 1.165) is 29.9 Å². The lowest BCUT2D eigenvalue weighted by atomic mass is 10.1. The minimum atomic E-state index is -3.67. The van der Waals surface area contributed by atoms with Crippen molar-refractivity contribution in [1.29, 1.82) is 0 Å². The van der Waals surface area contributed by atoms with Crippen molar-refractivity contribution in [3.8, 4) is 0 Å². The van der Waals surface area contributed by atoms with Gasteiger partial charge in [-0.25, -0.2) is 8.42 Å². The van der Waals surface area contributed by atoms with E-state index in [4.69, 9.17) is 9.47 Å². The molecule has 0 radical (unpaired) electrons. The Hall–Kier alpha value is -1.78. The molecule has 1 aromatic heterocycles. The maximum Gasteiger partial charge on any atom is 0.254 e. The first kappa shape index (κ1) is 22.4. The van der Waals surface area contributed by atoms with Gasteiger partial charge in [-0.2, -0.15) is 4.31 Å². The molecular formula is C22H28N2O5S2. The fourth-order valence-corrected chi connectivity index (χ4v) is 6.10. The van der Waals surface area contributed by atoms with Crippen molar-refractivity contribution in [3.63, 3.8) is 0 Å². The van der Waals surface area contributed by atoms with Crippen LogP contribution in [0, 0.1) is 6.92 Å². The largest absolute Gasteiger partial charge is 0.379 e. The fraction of sp³-hybridized carbons (Fsp3) is 0.500. The highest BCUT2D eigenvalue weighted by molar-refractivity contribution is 7.89. The number of amides is 1. The van der Waals surface area contributed by atoms with Crippen molar-refractivity contribution in [3.05, 3.63) is 51.7 Å². The molecule has 2 aliphatic heterocycles. The van der Waals surface area contributed by atoms with Gasteiger partial charge in [-0.15, -0.1) is 11.3 Å². The summed E-state index contributed by atoms with van der Waals surface area (Å²) in [5.41, 5.74) is 1.18. The molecule has 0 spiro atoms. The third kappa shape index (κ3) is 5.18. The van der Waals surface area contributed by atoms with Crippen molar-refractivity contribution in [2.24, 2.45) is 0 Å². The summed E-state index contributed by atoms with van der Waals surface area (Å²) in [6, 6.07) is 8.80. The summed E-state index contributed by atoms with van der Waals surface area (Å²) in [5, 5.41) is 1.99. The van der Waals surface area contributed by atoms with E-state index in [1.807, 2.05) is 24.4 Å². The lowest BCUT2D eigenvalue weighted by Crippen LogP contribution is -2.41. The van der Waals surface area contributed by atoms with Crippen LogP contribution >= 0.6 is 11.3 Å². The number of sulfonamides is 1. The van der Waals surface area contributed by atoms with E-state index in [2.05, 4.69) is 0 Å². The maximum absolute atomic E-state index is 13.6. The van der Waals surface area contributed by atoms with Crippen LogP contribution in [0.5, 0.6) is 0 Å². The Labute approximate surface area is 187 Å². The molecule has 0 saturated carbocycles. The summed E-state index contributed by atoms with van der Waals surface area (Å²) in [6.07, 6.45) is 1.95. The minimum Gasteiger partial charge on any atom is -0.379 e. The van der Waals surface area contributed by atoms with Crippen LogP contribution in [0.3, 0.4) is 0 Å². The predicted octanol–water partition coefficient (Wildman–Crippen LogP) is 2.90. The van der Waals surface area contributed by atoms with Crippen LogP contribution in [0.1, 0.15) is 33.6 Å². The Morgan fingerprint density at radius 1 is 1.23 bits per heavy atom. The number of nitrogens with zero attached hydrogens (tertiary/aromatic N) is 2. The predicted molar refractivity (Wildman–Crippen MR) is 119 cm³/mol. The van der Waals surface area contributed by atoms with Gasteiger partial charge in [0.2, 0.25) is 10.0 Å². The van der Waals surface area contributed by atoms with Crippen LogP contribution in [0.15, 0.2) is 40.6 Å². The van der Waals surface area contributed by atoms with Crippen molar-refractivity contribution in [2.75, 3.05) is 39.5 Å². The third-order valence-electron chi connectivity index (χ3n) is 5.71. The number of carbonyl (C=O) groups excluding carboxylic acids is 1. The average molecular weight is 465 g/mol. The summed E-state index contributed by atoms with van der Waals surface area (Å²) < 4.78 is 38.7. The van der Waals surface area contributed by atoms with Gasteiger partial charge in [0.1, 0.15) is 0 Å². The highest BCUT2D eigenvalue weighted by Gasteiger charge is 2.29. The quantitative estimate of drug-likeness (QED) is 0.630. The van der Waals surface area contributed by atoms with Gasteiger partial charge in [0.15, 0.2) is 0 Å². The van der Waals surface area contributed by atoms with Gasteiger partial charge >= 0.3 is 0 Å². The molecule has 0 bridgehead atoms. The monoisotopic (exact) mass is 464 g/mol. The topological polar surface area (TPSA) is 76.2 Å². The molecule has 4 rings (SSSR count). The molecule has 2 aromatic rings. The third-order valence-corrected chi connectivity index (χ3v) is 8.47. The summed E-state index contributed by atoms with van der Waals surface area (Å²) in [7, 11) is -3.67. The normalized spacial score (nSPS) is 20.1. The first-order valence-electron chi connectivity index (χ1n) is 10.6. The number of hydrogen-bond donors (Lipinski definition) is 0. The van der Waals surface area contributed by atoms with Crippen molar-refractivity contribution < 1.29 is 22.7 Å². The molecule has 168 valence electrons. The SMILES string of the molecule is Cc1ccc(S(=O)(=O)N2CCOCC2)cc1C(=O)N(Cc1cccs1)C[C@H]1CCCO1. The van der Waals surface area contributed by atoms with E-state index in [1.54, 1.807) is 28.4 Å². The first-order chi connectivity index (χ1) is 14.9. The number of hydrogen-bond acceptors (Lipinski definition) is 6. The number of rotatable bonds is 7. The highest BCUT2D eigenvalue weighted by atomic mass is 32.2. The van der Waals surface area contributed by atoms with Gasteiger partial charge < -0.3 is 14.4 Å². The zero-order chi connectivity index (χ0) is 21.8. The van der Waals surface area contributed by atoms with Gasteiger partial charge in [0.05, 0.1) is 30.8 Å². The summed E-state index contributed by atoms with van der Waals surface area (Å²) in [5.74, 6) is -0.166. The Kier molecular flexibility index (Phi) is 7.08. The van der Waals surface area contributed by atoms with Crippen molar-refractivity contribution in [1.82, 2.24) is 9.21 Å². The van der Waals surface area contributed by atoms with Gasteiger partial charge in [-0.3, -0.25) is 4.79 Å². The molecule has 2 aliphatic rings. The zero-order valence-corrected chi connectivity index (χ0v) is 19.3. The zero-order valence-electron chi connectivity index (χ0n) is 17.7.